The largest absolute Gasteiger partial charge is 0.330 e. The van der Waals surface area contributed by atoms with E-state index in [1.54, 1.807) is 12.1 Å². The standard InChI is InChI=1S/C11H17NO2S2/c1-8(7-12)9-5-4-6-10(11(9)15-2)16(3,13)14/h4-6,8H,7,12H2,1-3H3. The van der Waals surface area contributed by atoms with E-state index in [1.165, 1.54) is 18.0 Å². The molecule has 0 saturated heterocycles. The van der Waals surface area contributed by atoms with Gasteiger partial charge >= 0.3 is 0 Å². The van der Waals surface area contributed by atoms with Crippen LogP contribution < -0.4 is 5.73 Å². The molecule has 1 aromatic rings. The third-order valence-corrected chi connectivity index (χ3v) is 4.63. The van der Waals surface area contributed by atoms with Crippen molar-refractivity contribution < 1.29 is 8.42 Å². The summed E-state index contributed by atoms with van der Waals surface area (Å²) in [6, 6.07) is 5.36. The number of sulfone groups is 1. The number of hydrogen-bond donors (Lipinski definition) is 1. The molecule has 1 unspecified atom stereocenters. The minimum absolute atomic E-state index is 0.171. The van der Waals surface area contributed by atoms with Gasteiger partial charge in [0.05, 0.1) is 4.90 Å². The highest BCUT2D eigenvalue weighted by molar-refractivity contribution is 7.99. The predicted octanol–water partition coefficient (Wildman–Crippen LogP) is 1.87. The van der Waals surface area contributed by atoms with Crippen molar-refractivity contribution in [2.75, 3.05) is 19.1 Å². The zero-order valence-corrected chi connectivity index (χ0v) is 11.4. The fourth-order valence-corrected chi connectivity index (χ4v) is 3.82. The Morgan fingerprint density at radius 1 is 1.44 bits per heavy atom. The van der Waals surface area contributed by atoms with Crippen molar-refractivity contribution in [2.24, 2.45) is 5.73 Å². The van der Waals surface area contributed by atoms with Crippen LogP contribution in [-0.4, -0.2) is 27.5 Å². The smallest absolute Gasteiger partial charge is 0.176 e. The van der Waals surface area contributed by atoms with Gasteiger partial charge in [0.15, 0.2) is 9.84 Å². The first-order valence-electron chi connectivity index (χ1n) is 4.98. The number of nitrogens with two attached hydrogens (primary N) is 1. The summed E-state index contributed by atoms with van der Waals surface area (Å²) >= 11 is 1.46. The zero-order chi connectivity index (χ0) is 12.3. The lowest BCUT2D eigenvalue weighted by Crippen LogP contribution is -2.11. The summed E-state index contributed by atoms with van der Waals surface area (Å²) in [6.07, 6.45) is 3.12. The van der Waals surface area contributed by atoms with Crippen molar-refractivity contribution in [2.45, 2.75) is 22.6 Å². The summed E-state index contributed by atoms with van der Waals surface area (Å²) < 4.78 is 23.3. The molecule has 3 nitrogen and oxygen atoms in total. The summed E-state index contributed by atoms with van der Waals surface area (Å²) in [4.78, 5) is 1.22. The fraction of sp³-hybridized carbons (Fsp3) is 0.455. The highest BCUT2D eigenvalue weighted by Gasteiger charge is 2.18. The molecule has 0 saturated carbocycles. The summed E-state index contributed by atoms with van der Waals surface area (Å²) in [5, 5.41) is 0. The molecule has 1 rings (SSSR count). The van der Waals surface area contributed by atoms with Crippen molar-refractivity contribution in [3.8, 4) is 0 Å². The molecule has 0 aliphatic carbocycles. The predicted molar refractivity (Wildman–Crippen MR) is 68.8 cm³/mol. The van der Waals surface area contributed by atoms with E-state index in [1.807, 2.05) is 19.2 Å². The molecule has 0 aliphatic heterocycles. The van der Waals surface area contributed by atoms with Crippen LogP contribution in [0.1, 0.15) is 18.4 Å². The van der Waals surface area contributed by atoms with Crippen LogP contribution in [0.25, 0.3) is 0 Å². The van der Waals surface area contributed by atoms with E-state index in [0.29, 0.717) is 11.4 Å². The maximum Gasteiger partial charge on any atom is 0.176 e. The lowest BCUT2D eigenvalue weighted by molar-refractivity contribution is 0.599. The van der Waals surface area contributed by atoms with E-state index >= 15 is 0 Å². The first kappa shape index (κ1) is 13.5. The van der Waals surface area contributed by atoms with Crippen LogP contribution in [0, 0.1) is 0 Å². The van der Waals surface area contributed by atoms with E-state index in [2.05, 4.69) is 0 Å². The molecular formula is C11H17NO2S2. The Bertz CT molecular complexity index is 469. The third kappa shape index (κ3) is 2.78. The molecule has 0 aliphatic rings. The van der Waals surface area contributed by atoms with Crippen LogP contribution in [0.3, 0.4) is 0 Å². The fourth-order valence-electron chi connectivity index (χ4n) is 1.56. The summed E-state index contributed by atoms with van der Waals surface area (Å²) in [7, 11) is -3.17. The monoisotopic (exact) mass is 259 g/mol. The van der Waals surface area contributed by atoms with E-state index in [9.17, 15) is 8.42 Å². The van der Waals surface area contributed by atoms with Crippen molar-refractivity contribution in [1.29, 1.82) is 0 Å². The maximum absolute atomic E-state index is 11.6. The number of benzene rings is 1. The first-order valence-corrected chi connectivity index (χ1v) is 8.10. The van der Waals surface area contributed by atoms with E-state index < -0.39 is 9.84 Å². The lowest BCUT2D eigenvalue weighted by atomic mass is 10.0. The second kappa shape index (κ2) is 5.21. The molecule has 0 bridgehead atoms. The van der Waals surface area contributed by atoms with Crippen LogP contribution in [0.5, 0.6) is 0 Å². The van der Waals surface area contributed by atoms with Gasteiger partial charge < -0.3 is 5.73 Å². The molecule has 16 heavy (non-hydrogen) atoms. The van der Waals surface area contributed by atoms with Gasteiger partial charge in [-0.15, -0.1) is 11.8 Å². The summed E-state index contributed by atoms with van der Waals surface area (Å²) in [5.74, 6) is 0.171. The van der Waals surface area contributed by atoms with Crippen molar-refractivity contribution in [3.63, 3.8) is 0 Å². The second-order valence-electron chi connectivity index (χ2n) is 3.79. The van der Waals surface area contributed by atoms with Crippen LogP contribution in [0.2, 0.25) is 0 Å². The molecule has 5 heteroatoms. The Morgan fingerprint density at radius 3 is 2.50 bits per heavy atom. The molecule has 1 atom stereocenters. The highest BCUT2D eigenvalue weighted by Crippen LogP contribution is 2.32. The van der Waals surface area contributed by atoms with Gasteiger partial charge in [-0.25, -0.2) is 8.42 Å². The highest BCUT2D eigenvalue weighted by atomic mass is 32.2. The average Bonchev–Trinajstić information content (AvgIpc) is 2.25. The minimum atomic E-state index is -3.17. The Hall–Kier alpha value is -0.520. The molecule has 0 fully saturated rings. The number of rotatable bonds is 4. The van der Waals surface area contributed by atoms with Gasteiger partial charge in [-0.05, 0) is 30.3 Å². The Morgan fingerprint density at radius 2 is 2.06 bits per heavy atom. The Kier molecular flexibility index (Phi) is 4.41. The number of hydrogen-bond acceptors (Lipinski definition) is 4. The molecule has 0 aromatic heterocycles. The van der Waals surface area contributed by atoms with Crippen molar-refractivity contribution in [1.82, 2.24) is 0 Å². The SMILES string of the molecule is CSc1c(C(C)CN)cccc1S(C)(=O)=O. The van der Waals surface area contributed by atoms with Crippen LogP contribution >= 0.6 is 11.8 Å². The van der Waals surface area contributed by atoms with Gasteiger partial charge in [0.2, 0.25) is 0 Å². The van der Waals surface area contributed by atoms with Crippen LogP contribution in [0.4, 0.5) is 0 Å². The van der Waals surface area contributed by atoms with Crippen LogP contribution in [-0.2, 0) is 9.84 Å². The average molecular weight is 259 g/mol. The van der Waals surface area contributed by atoms with Crippen molar-refractivity contribution >= 4 is 21.6 Å². The molecule has 1 aromatic carbocycles. The van der Waals surface area contributed by atoms with Gasteiger partial charge in [0, 0.05) is 11.2 Å². The molecule has 0 spiro atoms. The molecule has 0 radical (unpaired) electrons. The van der Waals surface area contributed by atoms with Crippen LogP contribution in [0.15, 0.2) is 28.0 Å². The van der Waals surface area contributed by atoms with E-state index in [-0.39, 0.29) is 5.92 Å². The van der Waals surface area contributed by atoms with Gasteiger partial charge in [-0.1, -0.05) is 19.1 Å². The molecule has 2 N–H and O–H groups in total. The number of thioether (sulfide) groups is 1. The third-order valence-electron chi connectivity index (χ3n) is 2.50. The zero-order valence-electron chi connectivity index (χ0n) is 9.73. The van der Waals surface area contributed by atoms with Gasteiger partial charge in [0.1, 0.15) is 0 Å². The lowest BCUT2D eigenvalue weighted by Gasteiger charge is -2.16. The molecule has 0 heterocycles. The molecule has 90 valence electrons. The summed E-state index contributed by atoms with van der Waals surface area (Å²) in [6.45, 7) is 2.52. The summed E-state index contributed by atoms with van der Waals surface area (Å²) in [5.41, 5.74) is 6.64. The molecule has 0 amide bonds. The van der Waals surface area contributed by atoms with E-state index in [4.69, 9.17) is 5.73 Å². The quantitative estimate of drug-likeness (QED) is 0.839. The normalized spacial score (nSPS) is 13.8. The Balaban J connectivity index is 3.44. The van der Waals surface area contributed by atoms with Gasteiger partial charge in [0.25, 0.3) is 0 Å². The van der Waals surface area contributed by atoms with Gasteiger partial charge in [-0.3, -0.25) is 0 Å². The molecular weight excluding hydrogens is 242 g/mol. The first-order chi connectivity index (χ1) is 7.41. The van der Waals surface area contributed by atoms with Crippen molar-refractivity contribution in [3.05, 3.63) is 23.8 Å². The van der Waals surface area contributed by atoms with E-state index in [0.717, 1.165) is 10.5 Å². The Labute approximate surface area is 101 Å². The maximum atomic E-state index is 11.6. The topological polar surface area (TPSA) is 60.2 Å². The minimum Gasteiger partial charge on any atom is -0.330 e. The van der Waals surface area contributed by atoms with Gasteiger partial charge in [-0.2, -0.15) is 0 Å². The second-order valence-corrected chi connectivity index (χ2v) is 6.59.